The van der Waals surface area contributed by atoms with Crippen LogP contribution in [0.3, 0.4) is 0 Å². The van der Waals surface area contributed by atoms with Crippen LogP contribution in [0.25, 0.3) is 0 Å². The molecule has 1 aliphatic rings. The normalized spacial score (nSPS) is 18.5. The Hall–Kier alpha value is -0.610. The predicted octanol–water partition coefficient (Wildman–Crippen LogP) is 0.318. The van der Waals surface area contributed by atoms with Crippen LogP contribution in [0.15, 0.2) is 0 Å². The average molecular weight is 187 g/mol. The number of carbonyl (C=O) groups excluding carboxylic acids is 1. The fourth-order valence-electron chi connectivity index (χ4n) is 1.31. The highest BCUT2D eigenvalue weighted by Gasteiger charge is 2.15. The monoisotopic (exact) mass is 187 g/mol. The number of hydrogen-bond acceptors (Lipinski definition) is 3. The van der Waals surface area contributed by atoms with Crippen molar-refractivity contribution in [1.29, 1.82) is 0 Å². The minimum Gasteiger partial charge on any atom is -0.381 e. The first-order chi connectivity index (χ1) is 6.33. The summed E-state index contributed by atoms with van der Waals surface area (Å²) < 4.78 is 10.2. The van der Waals surface area contributed by atoms with Crippen LogP contribution in [0, 0.1) is 0 Å². The summed E-state index contributed by atoms with van der Waals surface area (Å²) in [7, 11) is 0. The summed E-state index contributed by atoms with van der Waals surface area (Å²) in [6.45, 7) is 4.13. The highest BCUT2D eigenvalue weighted by molar-refractivity contribution is 5.77. The lowest BCUT2D eigenvalue weighted by Gasteiger charge is -2.22. The van der Waals surface area contributed by atoms with E-state index in [0.717, 1.165) is 26.1 Å². The van der Waals surface area contributed by atoms with E-state index in [2.05, 4.69) is 5.32 Å². The molecule has 0 radical (unpaired) electrons. The van der Waals surface area contributed by atoms with Gasteiger partial charge in [0, 0.05) is 25.9 Å². The zero-order valence-electron chi connectivity index (χ0n) is 8.04. The van der Waals surface area contributed by atoms with Gasteiger partial charge in [0.2, 0.25) is 5.91 Å². The van der Waals surface area contributed by atoms with Crippen molar-refractivity contribution < 1.29 is 14.3 Å². The standard InChI is InChI=1S/C9H17NO3/c1-2-12-7-9(11)10-8-3-5-13-6-4-8/h8H,2-7H2,1H3,(H,10,11). The van der Waals surface area contributed by atoms with Crippen molar-refractivity contribution in [3.05, 3.63) is 0 Å². The van der Waals surface area contributed by atoms with Crippen LogP contribution in [-0.4, -0.2) is 38.4 Å². The van der Waals surface area contributed by atoms with Gasteiger partial charge in [-0.2, -0.15) is 0 Å². The number of hydrogen-bond donors (Lipinski definition) is 1. The maximum Gasteiger partial charge on any atom is 0.246 e. The topological polar surface area (TPSA) is 47.6 Å². The number of carbonyl (C=O) groups is 1. The van der Waals surface area contributed by atoms with Gasteiger partial charge in [-0.05, 0) is 19.8 Å². The Morgan fingerprint density at radius 2 is 2.23 bits per heavy atom. The molecule has 1 heterocycles. The molecule has 76 valence electrons. The third-order valence-corrected chi connectivity index (χ3v) is 2.02. The molecule has 0 saturated carbocycles. The van der Waals surface area contributed by atoms with E-state index in [0.29, 0.717) is 6.61 Å². The molecule has 0 unspecified atom stereocenters. The van der Waals surface area contributed by atoms with Crippen molar-refractivity contribution in [2.45, 2.75) is 25.8 Å². The van der Waals surface area contributed by atoms with E-state index < -0.39 is 0 Å². The van der Waals surface area contributed by atoms with Crippen LogP contribution < -0.4 is 5.32 Å². The van der Waals surface area contributed by atoms with Crippen LogP contribution in [0.1, 0.15) is 19.8 Å². The van der Waals surface area contributed by atoms with E-state index in [4.69, 9.17) is 9.47 Å². The van der Waals surface area contributed by atoms with Gasteiger partial charge in [-0.3, -0.25) is 4.79 Å². The maximum atomic E-state index is 11.2. The Balaban J connectivity index is 2.11. The molecule has 0 atom stereocenters. The fourth-order valence-corrected chi connectivity index (χ4v) is 1.31. The Morgan fingerprint density at radius 1 is 1.54 bits per heavy atom. The van der Waals surface area contributed by atoms with Crippen molar-refractivity contribution >= 4 is 5.91 Å². The average Bonchev–Trinajstić information content (AvgIpc) is 2.16. The van der Waals surface area contributed by atoms with Gasteiger partial charge in [-0.1, -0.05) is 0 Å². The molecule has 0 aromatic rings. The van der Waals surface area contributed by atoms with Crippen molar-refractivity contribution in [3.63, 3.8) is 0 Å². The van der Waals surface area contributed by atoms with Gasteiger partial charge in [0.1, 0.15) is 6.61 Å². The molecular formula is C9H17NO3. The van der Waals surface area contributed by atoms with Crippen molar-refractivity contribution in [2.75, 3.05) is 26.4 Å². The number of rotatable bonds is 4. The van der Waals surface area contributed by atoms with E-state index in [1.165, 1.54) is 0 Å². The van der Waals surface area contributed by atoms with Gasteiger partial charge in [-0.15, -0.1) is 0 Å². The second kappa shape index (κ2) is 5.94. The molecule has 0 spiro atoms. The zero-order valence-corrected chi connectivity index (χ0v) is 8.04. The largest absolute Gasteiger partial charge is 0.381 e. The van der Waals surface area contributed by atoms with Gasteiger partial charge < -0.3 is 14.8 Å². The molecule has 4 heteroatoms. The Kier molecular flexibility index (Phi) is 4.78. The molecule has 4 nitrogen and oxygen atoms in total. The van der Waals surface area contributed by atoms with Gasteiger partial charge in [0.25, 0.3) is 0 Å². The number of ether oxygens (including phenoxy) is 2. The van der Waals surface area contributed by atoms with Gasteiger partial charge in [0.05, 0.1) is 0 Å². The van der Waals surface area contributed by atoms with E-state index in [1.54, 1.807) is 0 Å². The molecule has 1 saturated heterocycles. The Bertz CT molecular complexity index is 155. The van der Waals surface area contributed by atoms with E-state index >= 15 is 0 Å². The van der Waals surface area contributed by atoms with Gasteiger partial charge >= 0.3 is 0 Å². The smallest absolute Gasteiger partial charge is 0.246 e. The summed E-state index contributed by atoms with van der Waals surface area (Å²) in [5.41, 5.74) is 0. The number of amides is 1. The maximum absolute atomic E-state index is 11.2. The first-order valence-electron chi connectivity index (χ1n) is 4.77. The summed E-state index contributed by atoms with van der Waals surface area (Å²) in [6.07, 6.45) is 1.83. The van der Waals surface area contributed by atoms with Gasteiger partial charge in [-0.25, -0.2) is 0 Å². The predicted molar refractivity (Wildman–Crippen MR) is 48.5 cm³/mol. The molecule has 0 aromatic carbocycles. The molecule has 0 aromatic heterocycles. The summed E-state index contributed by atoms with van der Waals surface area (Å²) in [4.78, 5) is 11.2. The summed E-state index contributed by atoms with van der Waals surface area (Å²) >= 11 is 0. The molecule has 1 aliphatic heterocycles. The van der Waals surface area contributed by atoms with Crippen LogP contribution in [-0.2, 0) is 14.3 Å². The molecule has 1 fully saturated rings. The van der Waals surface area contributed by atoms with Crippen LogP contribution in [0.5, 0.6) is 0 Å². The number of nitrogens with one attached hydrogen (secondary N) is 1. The van der Waals surface area contributed by atoms with E-state index in [1.807, 2.05) is 6.92 Å². The third kappa shape index (κ3) is 4.24. The van der Waals surface area contributed by atoms with Crippen LogP contribution in [0.2, 0.25) is 0 Å². The second-order valence-electron chi connectivity index (χ2n) is 3.09. The lowest BCUT2D eigenvalue weighted by Crippen LogP contribution is -2.40. The van der Waals surface area contributed by atoms with Gasteiger partial charge in [0.15, 0.2) is 0 Å². The zero-order chi connectivity index (χ0) is 9.52. The van der Waals surface area contributed by atoms with Crippen molar-refractivity contribution in [2.24, 2.45) is 0 Å². The fraction of sp³-hybridized carbons (Fsp3) is 0.889. The minimum atomic E-state index is -0.0197. The molecule has 13 heavy (non-hydrogen) atoms. The highest BCUT2D eigenvalue weighted by Crippen LogP contribution is 2.05. The first-order valence-corrected chi connectivity index (χ1v) is 4.77. The van der Waals surface area contributed by atoms with Crippen molar-refractivity contribution in [3.8, 4) is 0 Å². The second-order valence-corrected chi connectivity index (χ2v) is 3.09. The van der Waals surface area contributed by atoms with Crippen molar-refractivity contribution in [1.82, 2.24) is 5.32 Å². The lowest BCUT2D eigenvalue weighted by molar-refractivity contribution is -0.126. The highest BCUT2D eigenvalue weighted by atomic mass is 16.5. The molecular weight excluding hydrogens is 170 g/mol. The molecule has 1 rings (SSSR count). The Morgan fingerprint density at radius 3 is 2.85 bits per heavy atom. The quantitative estimate of drug-likeness (QED) is 0.689. The minimum absolute atomic E-state index is 0.0197. The molecule has 0 aliphatic carbocycles. The Labute approximate surface area is 78.6 Å². The van der Waals surface area contributed by atoms with E-state index in [9.17, 15) is 4.79 Å². The SMILES string of the molecule is CCOCC(=O)NC1CCOCC1. The molecule has 1 N–H and O–H groups in total. The van der Waals surface area contributed by atoms with E-state index in [-0.39, 0.29) is 18.6 Å². The third-order valence-electron chi connectivity index (χ3n) is 2.02. The molecule has 0 bridgehead atoms. The van der Waals surface area contributed by atoms with Crippen LogP contribution in [0.4, 0.5) is 0 Å². The molecule has 1 amide bonds. The first kappa shape index (κ1) is 10.5. The summed E-state index contributed by atoms with van der Waals surface area (Å²) in [5, 5.41) is 2.91. The summed E-state index contributed by atoms with van der Waals surface area (Å²) in [6, 6.07) is 0.279. The lowest BCUT2D eigenvalue weighted by atomic mass is 10.1. The van der Waals surface area contributed by atoms with Crippen LogP contribution >= 0.6 is 0 Å². The summed E-state index contributed by atoms with van der Waals surface area (Å²) in [5.74, 6) is -0.0197.